The van der Waals surface area contributed by atoms with Crippen LogP contribution in [0.5, 0.6) is 0 Å². The van der Waals surface area contributed by atoms with E-state index < -0.39 is 10.8 Å². The molecule has 0 aromatic rings. The smallest absolute Gasteiger partial charge is 0.329 e. The second kappa shape index (κ2) is 2.47. The van der Waals surface area contributed by atoms with Gasteiger partial charge in [0.15, 0.2) is 0 Å². The molecule has 0 radical (unpaired) electrons. The number of carbonyl (C=O) groups excluding carboxylic acids is 1. The lowest BCUT2D eigenvalue weighted by molar-refractivity contribution is -0.419. The van der Waals surface area contributed by atoms with Gasteiger partial charge in [-0.15, -0.1) is 0 Å². The summed E-state index contributed by atoms with van der Waals surface area (Å²) in [5.74, 6) is -0.587. The van der Waals surface area contributed by atoms with E-state index in [0.717, 1.165) is 0 Å². The molecule has 1 N–H and O–H groups in total. The molecule has 0 unspecified atom stereocenters. The van der Waals surface area contributed by atoms with Gasteiger partial charge in [0.1, 0.15) is 0 Å². The predicted molar refractivity (Wildman–Crippen MR) is 32.7 cm³/mol. The molecule has 1 aliphatic heterocycles. The van der Waals surface area contributed by atoms with Crippen molar-refractivity contribution in [1.29, 1.82) is 0 Å². The Balaban J connectivity index is 2.81. The van der Waals surface area contributed by atoms with E-state index in [1.54, 1.807) is 0 Å². The average molecular weight is 142 g/mol. The summed E-state index contributed by atoms with van der Waals surface area (Å²) in [5, 5.41) is 12.4. The molecule has 0 saturated carbocycles. The van der Waals surface area contributed by atoms with Crippen LogP contribution in [0.1, 0.15) is 6.42 Å². The summed E-state index contributed by atoms with van der Waals surface area (Å²) in [7, 11) is 0. The van der Waals surface area contributed by atoms with Crippen molar-refractivity contribution in [3.63, 3.8) is 0 Å². The summed E-state index contributed by atoms with van der Waals surface area (Å²) in [6.45, 7) is 0.496. The third kappa shape index (κ3) is 1.12. The number of nitrogens with zero attached hydrogens (tertiary/aromatic N) is 1. The maximum absolute atomic E-state index is 10.6. The van der Waals surface area contributed by atoms with Gasteiger partial charge in [0, 0.05) is 12.6 Å². The minimum Gasteiger partial charge on any atom is -0.346 e. The van der Waals surface area contributed by atoms with E-state index in [1.807, 2.05) is 0 Å². The van der Waals surface area contributed by atoms with Crippen LogP contribution in [-0.4, -0.2) is 17.4 Å². The Kier molecular flexibility index (Phi) is 1.66. The maximum atomic E-state index is 10.6. The molecular formula is C5H6N2O3. The summed E-state index contributed by atoms with van der Waals surface area (Å²) >= 11 is 0. The Morgan fingerprint density at radius 1 is 1.70 bits per heavy atom. The van der Waals surface area contributed by atoms with E-state index in [9.17, 15) is 14.9 Å². The van der Waals surface area contributed by atoms with Gasteiger partial charge in [-0.2, -0.15) is 0 Å². The third-order valence-electron chi connectivity index (χ3n) is 1.20. The van der Waals surface area contributed by atoms with Crippen molar-refractivity contribution in [2.45, 2.75) is 6.42 Å². The molecule has 1 amide bonds. The van der Waals surface area contributed by atoms with E-state index in [1.165, 1.54) is 6.08 Å². The number of hydrogen-bond donors (Lipinski definition) is 1. The van der Waals surface area contributed by atoms with Gasteiger partial charge >= 0.3 is 11.6 Å². The number of nitrogens with one attached hydrogen (secondary N) is 1. The first-order valence-electron chi connectivity index (χ1n) is 2.84. The lowest BCUT2D eigenvalue weighted by Gasteiger charge is -2.05. The number of hydrogen-bond acceptors (Lipinski definition) is 3. The first kappa shape index (κ1) is 6.73. The highest BCUT2D eigenvalue weighted by atomic mass is 16.6. The first-order valence-corrected chi connectivity index (χ1v) is 2.84. The Labute approximate surface area is 56.9 Å². The van der Waals surface area contributed by atoms with Gasteiger partial charge in [-0.05, 0) is 6.42 Å². The van der Waals surface area contributed by atoms with Gasteiger partial charge in [-0.3, -0.25) is 14.9 Å². The second-order valence-electron chi connectivity index (χ2n) is 1.89. The summed E-state index contributed by atoms with van der Waals surface area (Å²) in [6, 6.07) is 0. The molecule has 1 aliphatic rings. The van der Waals surface area contributed by atoms with Gasteiger partial charge in [-0.1, -0.05) is 0 Å². The molecule has 10 heavy (non-hydrogen) atoms. The fourth-order valence-corrected chi connectivity index (χ4v) is 0.735. The molecule has 1 rings (SSSR count). The van der Waals surface area contributed by atoms with Crippen LogP contribution in [0.25, 0.3) is 0 Å². The van der Waals surface area contributed by atoms with Crippen molar-refractivity contribution in [3.05, 3.63) is 21.9 Å². The van der Waals surface area contributed by atoms with E-state index in [-0.39, 0.29) is 5.70 Å². The van der Waals surface area contributed by atoms with Crippen molar-refractivity contribution in [1.82, 2.24) is 5.32 Å². The average Bonchev–Trinajstić information content (AvgIpc) is 1.88. The summed E-state index contributed by atoms with van der Waals surface area (Å²) in [4.78, 5) is 20.0. The highest BCUT2D eigenvalue weighted by Crippen LogP contribution is 2.01. The third-order valence-corrected chi connectivity index (χ3v) is 1.20. The minimum atomic E-state index is -0.672. The Morgan fingerprint density at radius 2 is 2.40 bits per heavy atom. The molecule has 0 spiro atoms. The van der Waals surface area contributed by atoms with Crippen LogP contribution in [0.4, 0.5) is 0 Å². The van der Waals surface area contributed by atoms with Crippen LogP contribution in [0.2, 0.25) is 0 Å². The number of amides is 1. The fourth-order valence-electron chi connectivity index (χ4n) is 0.735. The Hall–Kier alpha value is -1.39. The Bertz CT molecular complexity index is 209. The van der Waals surface area contributed by atoms with E-state index in [0.29, 0.717) is 13.0 Å². The van der Waals surface area contributed by atoms with E-state index >= 15 is 0 Å². The van der Waals surface area contributed by atoms with Crippen LogP contribution in [0, 0.1) is 10.1 Å². The minimum absolute atomic E-state index is 0.341. The summed E-state index contributed by atoms with van der Waals surface area (Å²) < 4.78 is 0. The Morgan fingerprint density at radius 3 is 2.80 bits per heavy atom. The van der Waals surface area contributed by atoms with Crippen molar-refractivity contribution >= 4 is 5.91 Å². The second-order valence-corrected chi connectivity index (χ2v) is 1.89. The quantitative estimate of drug-likeness (QED) is 0.402. The highest BCUT2D eigenvalue weighted by molar-refractivity contribution is 5.91. The highest BCUT2D eigenvalue weighted by Gasteiger charge is 2.23. The SMILES string of the molecule is O=C1NCCC=C1[N+](=O)[O-]. The molecule has 0 aliphatic carbocycles. The van der Waals surface area contributed by atoms with Crippen LogP contribution in [-0.2, 0) is 4.79 Å². The van der Waals surface area contributed by atoms with Crippen molar-refractivity contribution in [2.75, 3.05) is 6.54 Å². The van der Waals surface area contributed by atoms with Gasteiger partial charge < -0.3 is 5.32 Å². The number of nitro groups is 1. The van der Waals surface area contributed by atoms with Gasteiger partial charge in [0.05, 0.1) is 4.92 Å². The van der Waals surface area contributed by atoms with Crippen LogP contribution in [0.15, 0.2) is 11.8 Å². The molecule has 0 atom stereocenters. The topological polar surface area (TPSA) is 72.2 Å². The number of rotatable bonds is 1. The van der Waals surface area contributed by atoms with Crippen LogP contribution < -0.4 is 5.32 Å². The van der Waals surface area contributed by atoms with Crippen molar-refractivity contribution in [3.8, 4) is 0 Å². The standard InChI is InChI=1S/C5H6N2O3/c8-5-4(7(9)10)2-1-3-6-5/h2H,1,3H2,(H,6,8). The summed E-state index contributed by atoms with van der Waals surface area (Å²) in [6.07, 6.45) is 1.88. The monoisotopic (exact) mass is 142 g/mol. The lowest BCUT2D eigenvalue weighted by Crippen LogP contribution is -2.32. The first-order chi connectivity index (χ1) is 4.72. The molecule has 5 nitrogen and oxygen atoms in total. The van der Waals surface area contributed by atoms with Gasteiger partial charge in [0.25, 0.3) is 0 Å². The van der Waals surface area contributed by atoms with Crippen molar-refractivity contribution in [2.24, 2.45) is 0 Å². The molecule has 0 aromatic heterocycles. The molecule has 54 valence electrons. The largest absolute Gasteiger partial charge is 0.346 e. The predicted octanol–water partition coefficient (Wildman–Crippen LogP) is -0.333. The zero-order valence-corrected chi connectivity index (χ0v) is 5.16. The fraction of sp³-hybridized carbons (Fsp3) is 0.400. The molecular weight excluding hydrogens is 136 g/mol. The maximum Gasteiger partial charge on any atom is 0.329 e. The normalized spacial score (nSPS) is 17.6. The molecule has 0 saturated heterocycles. The molecule has 0 bridgehead atoms. The zero-order chi connectivity index (χ0) is 7.56. The molecule has 5 heteroatoms. The van der Waals surface area contributed by atoms with Crippen LogP contribution >= 0.6 is 0 Å². The lowest BCUT2D eigenvalue weighted by atomic mass is 10.2. The zero-order valence-electron chi connectivity index (χ0n) is 5.16. The molecule has 0 aromatic carbocycles. The summed E-state index contributed by atoms with van der Waals surface area (Å²) in [5.41, 5.74) is -0.341. The van der Waals surface area contributed by atoms with E-state index in [4.69, 9.17) is 0 Å². The molecule has 0 fully saturated rings. The van der Waals surface area contributed by atoms with Crippen molar-refractivity contribution < 1.29 is 9.72 Å². The van der Waals surface area contributed by atoms with E-state index in [2.05, 4.69) is 5.32 Å². The number of carbonyl (C=O) groups is 1. The van der Waals surface area contributed by atoms with Crippen LogP contribution in [0.3, 0.4) is 0 Å². The molecule has 1 heterocycles. The van der Waals surface area contributed by atoms with Gasteiger partial charge in [0.2, 0.25) is 0 Å². The van der Waals surface area contributed by atoms with Gasteiger partial charge in [-0.25, -0.2) is 0 Å².